The van der Waals surface area contributed by atoms with Crippen LogP contribution in [-0.2, 0) is 0 Å². The van der Waals surface area contributed by atoms with Gasteiger partial charge in [-0.25, -0.2) is 4.39 Å². The SMILES string of the molecule is CN(C)C1CC[C@@H](c2c[nH]c3ccc(F)cc23)C1. The van der Waals surface area contributed by atoms with Crippen molar-refractivity contribution in [2.45, 2.75) is 31.2 Å². The van der Waals surface area contributed by atoms with Crippen LogP contribution in [0.2, 0.25) is 0 Å². The maximum atomic E-state index is 13.4. The van der Waals surface area contributed by atoms with E-state index in [4.69, 9.17) is 0 Å². The van der Waals surface area contributed by atoms with Crippen molar-refractivity contribution in [1.29, 1.82) is 0 Å². The molecule has 0 amide bonds. The van der Waals surface area contributed by atoms with Gasteiger partial charge in [-0.15, -0.1) is 0 Å². The topological polar surface area (TPSA) is 19.0 Å². The van der Waals surface area contributed by atoms with Crippen molar-refractivity contribution in [3.05, 3.63) is 35.8 Å². The number of fused-ring (bicyclic) bond motifs is 1. The first-order valence-electron chi connectivity index (χ1n) is 6.58. The van der Waals surface area contributed by atoms with Gasteiger partial charge in [-0.05, 0) is 63.0 Å². The molecule has 3 heteroatoms. The first-order chi connectivity index (χ1) is 8.65. The molecule has 1 heterocycles. The molecule has 1 fully saturated rings. The Morgan fingerprint density at radius 2 is 2.11 bits per heavy atom. The summed E-state index contributed by atoms with van der Waals surface area (Å²) in [5.74, 6) is 0.415. The van der Waals surface area contributed by atoms with Crippen molar-refractivity contribution >= 4 is 10.9 Å². The van der Waals surface area contributed by atoms with Gasteiger partial charge in [-0.1, -0.05) is 0 Å². The van der Waals surface area contributed by atoms with Gasteiger partial charge >= 0.3 is 0 Å². The third-order valence-electron chi connectivity index (χ3n) is 4.25. The van der Waals surface area contributed by atoms with Crippen molar-refractivity contribution < 1.29 is 4.39 Å². The number of rotatable bonds is 2. The summed E-state index contributed by atoms with van der Waals surface area (Å²) in [7, 11) is 4.28. The average molecular weight is 246 g/mol. The Balaban J connectivity index is 1.93. The number of hydrogen-bond acceptors (Lipinski definition) is 1. The van der Waals surface area contributed by atoms with Gasteiger partial charge in [0.05, 0.1) is 0 Å². The lowest BCUT2D eigenvalue weighted by molar-refractivity contribution is 0.297. The quantitative estimate of drug-likeness (QED) is 0.859. The molecular formula is C15H19FN2. The van der Waals surface area contributed by atoms with E-state index in [0.29, 0.717) is 12.0 Å². The van der Waals surface area contributed by atoms with E-state index in [1.54, 1.807) is 6.07 Å². The molecule has 1 aromatic heterocycles. The molecule has 2 aromatic rings. The number of aromatic nitrogens is 1. The fourth-order valence-corrected chi connectivity index (χ4v) is 3.16. The molecule has 1 aromatic carbocycles. The minimum absolute atomic E-state index is 0.148. The third-order valence-corrected chi connectivity index (χ3v) is 4.25. The van der Waals surface area contributed by atoms with E-state index in [1.165, 1.54) is 30.9 Å². The highest BCUT2D eigenvalue weighted by atomic mass is 19.1. The van der Waals surface area contributed by atoms with Gasteiger partial charge in [-0.3, -0.25) is 0 Å². The predicted molar refractivity (Wildman–Crippen MR) is 72.3 cm³/mol. The van der Waals surface area contributed by atoms with Gasteiger partial charge in [0.25, 0.3) is 0 Å². The van der Waals surface area contributed by atoms with Gasteiger partial charge in [0.2, 0.25) is 0 Å². The molecule has 1 unspecified atom stereocenters. The highest BCUT2D eigenvalue weighted by molar-refractivity contribution is 5.83. The third kappa shape index (κ3) is 1.93. The van der Waals surface area contributed by atoms with E-state index in [1.807, 2.05) is 6.07 Å². The molecule has 0 saturated heterocycles. The number of halogens is 1. The number of nitrogens with zero attached hydrogens (tertiary/aromatic N) is 1. The minimum atomic E-state index is -0.148. The maximum absolute atomic E-state index is 13.4. The lowest BCUT2D eigenvalue weighted by Crippen LogP contribution is -2.24. The van der Waals surface area contributed by atoms with Crippen LogP contribution in [0.15, 0.2) is 24.4 Å². The van der Waals surface area contributed by atoms with Crippen molar-refractivity contribution in [2.24, 2.45) is 0 Å². The first-order valence-corrected chi connectivity index (χ1v) is 6.58. The van der Waals surface area contributed by atoms with Crippen LogP contribution in [0.25, 0.3) is 10.9 Å². The van der Waals surface area contributed by atoms with E-state index in [2.05, 4.69) is 30.2 Å². The zero-order valence-electron chi connectivity index (χ0n) is 10.9. The van der Waals surface area contributed by atoms with E-state index < -0.39 is 0 Å². The van der Waals surface area contributed by atoms with Crippen LogP contribution in [0, 0.1) is 5.82 Å². The van der Waals surface area contributed by atoms with E-state index in [9.17, 15) is 4.39 Å². The summed E-state index contributed by atoms with van der Waals surface area (Å²) in [4.78, 5) is 5.56. The van der Waals surface area contributed by atoms with E-state index >= 15 is 0 Å². The summed E-state index contributed by atoms with van der Waals surface area (Å²) in [5.41, 5.74) is 2.33. The smallest absolute Gasteiger partial charge is 0.123 e. The molecule has 1 N–H and O–H groups in total. The summed E-state index contributed by atoms with van der Waals surface area (Å²) in [6.07, 6.45) is 5.68. The Labute approximate surface area is 107 Å². The molecule has 1 saturated carbocycles. The highest BCUT2D eigenvalue weighted by Crippen LogP contribution is 2.39. The van der Waals surface area contributed by atoms with Crippen LogP contribution in [0.1, 0.15) is 30.7 Å². The lowest BCUT2D eigenvalue weighted by Gasteiger charge is -2.18. The summed E-state index contributed by atoms with van der Waals surface area (Å²) in [6.45, 7) is 0. The minimum Gasteiger partial charge on any atom is -0.361 e. The number of hydrogen-bond donors (Lipinski definition) is 1. The molecule has 0 spiro atoms. The van der Waals surface area contributed by atoms with Crippen LogP contribution in [-0.4, -0.2) is 30.0 Å². The van der Waals surface area contributed by atoms with Gasteiger partial charge in [0, 0.05) is 23.1 Å². The maximum Gasteiger partial charge on any atom is 0.123 e. The summed E-state index contributed by atoms with van der Waals surface area (Å²) in [6, 6.07) is 5.66. The Morgan fingerprint density at radius 3 is 2.83 bits per heavy atom. The lowest BCUT2D eigenvalue weighted by atomic mass is 9.97. The molecule has 18 heavy (non-hydrogen) atoms. The Kier molecular flexibility index (Phi) is 2.86. The number of H-pyrrole nitrogens is 1. The molecule has 0 aliphatic heterocycles. The highest BCUT2D eigenvalue weighted by Gasteiger charge is 2.28. The summed E-state index contributed by atoms with van der Waals surface area (Å²) >= 11 is 0. The second-order valence-corrected chi connectivity index (χ2v) is 5.56. The Hall–Kier alpha value is -1.35. The van der Waals surface area contributed by atoms with Crippen LogP contribution in [0.4, 0.5) is 4.39 Å². The van der Waals surface area contributed by atoms with Crippen LogP contribution in [0.3, 0.4) is 0 Å². The van der Waals surface area contributed by atoms with E-state index in [0.717, 1.165) is 10.9 Å². The van der Waals surface area contributed by atoms with Crippen molar-refractivity contribution in [3.63, 3.8) is 0 Å². The molecule has 0 bridgehead atoms. The molecule has 0 radical (unpaired) electrons. The average Bonchev–Trinajstić information content (AvgIpc) is 2.93. The van der Waals surface area contributed by atoms with Gasteiger partial charge < -0.3 is 9.88 Å². The van der Waals surface area contributed by atoms with Crippen LogP contribution < -0.4 is 0 Å². The van der Waals surface area contributed by atoms with Crippen LogP contribution in [0.5, 0.6) is 0 Å². The largest absolute Gasteiger partial charge is 0.361 e. The molecule has 96 valence electrons. The van der Waals surface area contributed by atoms with Gasteiger partial charge in [0.15, 0.2) is 0 Å². The van der Waals surface area contributed by atoms with Crippen molar-refractivity contribution in [2.75, 3.05) is 14.1 Å². The number of nitrogens with one attached hydrogen (secondary N) is 1. The first kappa shape index (κ1) is 11.7. The second-order valence-electron chi connectivity index (χ2n) is 5.56. The zero-order chi connectivity index (χ0) is 12.7. The van der Waals surface area contributed by atoms with E-state index in [-0.39, 0.29) is 5.82 Å². The molecule has 3 rings (SSSR count). The Bertz CT molecular complexity index is 559. The fourth-order valence-electron chi connectivity index (χ4n) is 3.16. The summed E-state index contributed by atoms with van der Waals surface area (Å²) in [5, 5.41) is 1.06. The van der Waals surface area contributed by atoms with Crippen molar-refractivity contribution in [3.8, 4) is 0 Å². The fraction of sp³-hybridized carbons (Fsp3) is 0.467. The molecule has 2 nitrogen and oxygen atoms in total. The standard InChI is InChI=1S/C15H19FN2/c1-18(2)12-5-3-10(7-12)14-9-17-15-6-4-11(16)8-13(14)15/h4,6,8-10,12,17H,3,5,7H2,1-2H3/t10-,12?/m1/s1. The second kappa shape index (κ2) is 4.39. The number of aromatic amines is 1. The van der Waals surface area contributed by atoms with Crippen LogP contribution >= 0.6 is 0 Å². The molecule has 1 aliphatic rings. The van der Waals surface area contributed by atoms with Gasteiger partial charge in [0.1, 0.15) is 5.82 Å². The molecule has 1 aliphatic carbocycles. The molecular weight excluding hydrogens is 227 g/mol. The predicted octanol–water partition coefficient (Wildman–Crippen LogP) is 3.50. The zero-order valence-corrected chi connectivity index (χ0v) is 10.9. The summed E-state index contributed by atoms with van der Waals surface area (Å²) < 4.78 is 13.4. The molecule has 2 atom stereocenters. The number of benzene rings is 1. The van der Waals surface area contributed by atoms with Crippen molar-refractivity contribution in [1.82, 2.24) is 9.88 Å². The Morgan fingerprint density at radius 1 is 1.28 bits per heavy atom. The van der Waals surface area contributed by atoms with Gasteiger partial charge in [-0.2, -0.15) is 0 Å². The normalized spacial score (nSPS) is 24.2. The monoisotopic (exact) mass is 246 g/mol.